The molecule has 1 atom stereocenters. The van der Waals surface area contributed by atoms with Gasteiger partial charge in [0.05, 0.1) is 0 Å². The SMILES string of the molecule is Cc1cccc(Nc2ccc(N3CCN(C(=O)C(C)n4cccn4)CC3)nn2)n1. The number of carbonyl (C=O) groups excluding carboxylic acids is 1. The number of rotatable bonds is 5. The molecule has 4 heterocycles. The molecular weight excluding hydrogens is 368 g/mol. The fourth-order valence-electron chi connectivity index (χ4n) is 3.35. The molecule has 0 spiro atoms. The molecule has 0 bridgehead atoms. The highest BCUT2D eigenvalue weighted by atomic mass is 16.2. The van der Waals surface area contributed by atoms with Crippen LogP contribution < -0.4 is 10.2 Å². The first-order chi connectivity index (χ1) is 14.1. The summed E-state index contributed by atoms with van der Waals surface area (Å²) in [6.07, 6.45) is 3.50. The van der Waals surface area contributed by atoms with Crippen molar-refractivity contribution in [1.82, 2.24) is 29.9 Å². The largest absolute Gasteiger partial charge is 0.352 e. The van der Waals surface area contributed by atoms with Gasteiger partial charge in [-0.05, 0) is 44.2 Å². The average molecular weight is 392 g/mol. The molecule has 0 saturated carbocycles. The molecule has 1 aliphatic rings. The third-order valence-corrected chi connectivity index (χ3v) is 4.99. The van der Waals surface area contributed by atoms with Gasteiger partial charge in [-0.3, -0.25) is 9.48 Å². The van der Waals surface area contributed by atoms with Gasteiger partial charge in [0.1, 0.15) is 11.9 Å². The zero-order valence-corrected chi connectivity index (χ0v) is 16.6. The van der Waals surface area contributed by atoms with Crippen LogP contribution in [-0.2, 0) is 4.79 Å². The normalized spacial score (nSPS) is 15.2. The van der Waals surface area contributed by atoms with Gasteiger partial charge in [-0.25, -0.2) is 4.98 Å². The first-order valence-corrected chi connectivity index (χ1v) is 9.67. The molecule has 9 nitrogen and oxygen atoms in total. The summed E-state index contributed by atoms with van der Waals surface area (Å²) in [7, 11) is 0. The van der Waals surface area contributed by atoms with Crippen LogP contribution in [0.15, 0.2) is 48.8 Å². The highest BCUT2D eigenvalue weighted by Crippen LogP contribution is 2.18. The van der Waals surface area contributed by atoms with Gasteiger partial charge in [-0.1, -0.05) is 6.07 Å². The number of nitrogens with one attached hydrogen (secondary N) is 1. The van der Waals surface area contributed by atoms with Crippen molar-refractivity contribution in [1.29, 1.82) is 0 Å². The molecule has 1 fully saturated rings. The van der Waals surface area contributed by atoms with Crippen LogP contribution in [0.25, 0.3) is 0 Å². The Morgan fingerprint density at radius 2 is 1.86 bits per heavy atom. The van der Waals surface area contributed by atoms with Crippen LogP contribution in [0.4, 0.5) is 17.5 Å². The molecule has 4 rings (SSSR count). The van der Waals surface area contributed by atoms with Crippen LogP contribution in [0.1, 0.15) is 18.7 Å². The average Bonchev–Trinajstić information content (AvgIpc) is 3.28. The Balaban J connectivity index is 1.33. The quantitative estimate of drug-likeness (QED) is 0.710. The van der Waals surface area contributed by atoms with Crippen molar-refractivity contribution in [2.75, 3.05) is 36.4 Å². The van der Waals surface area contributed by atoms with Gasteiger partial charge in [0.2, 0.25) is 5.91 Å². The number of aryl methyl sites for hydroxylation is 1. The Labute approximate surface area is 169 Å². The second-order valence-corrected chi connectivity index (χ2v) is 7.04. The smallest absolute Gasteiger partial charge is 0.247 e. The summed E-state index contributed by atoms with van der Waals surface area (Å²) in [5, 5.41) is 15.9. The van der Waals surface area contributed by atoms with Gasteiger partial charge in [-0.15, -0.1) is 10.2 Å². The van der Waals surface area contributed by atoms with Crippen molar-refractivity contribution < 1.29 is 4.79 Å². The Hall–Kier alpha value is -3.49. The number of hydrogen-bond donors (Lipinski definition) is 1. The van der Waals surface area contributed by atoms with Crippen molar-refractivity contribution in [3.8, 4) is 0 Å². The lowest BCUT2D eigenvalue weighted by atomic mass is 10.2. The Kier molecular flexibility index (Phi) is 5.37. The molecule has 3 aromatic heterocycles. The number of aromatic nitrogens is 5. The van der Waals surface area contributed by atoms with E-state index < -0.39 is 0 Å². The molecule has 150 valence electrons. The third-order valence-electron chi connectivity index (χ3n) is 4.99. The molecule has 1 amide bonds. The minimum absolute atomic E-state index is 0.0876. The molecule has 1 saturated heterocycles. The number of hydrogen-bond acceptors (Lipinski definition) is 7. The molecule has 29 heavy (non-hydrogen) atoms. The highest BCUT2D eigenvalue weighted by molar-refractivity contribution is 5.80. The summed E-state index contributed by atoms with van der Waals surface area (Å²) in [5.41, 5.74) is 0.939. The number of carbonyl (C=O) groups is 1. The first-order valence-electron chi connectivity index (χ1n) is 9.67. The number of piperazine rings is 1. The zero-order chi connectivity index (χ0) is 20.2. The minimum Gasteiger partial charge on any atom is -0.352 e. The van der Waals surface area contributed by atoms with E-state index in [-0.39, 0.29) is 11.9 Å². The molecule has 3 aromatic rings. The van der Waals surface area contributed by atoms with Crippen LogP contribution in [0.2, 0.25) is 0 Å². The molecule has 0 aromatic carbocycles. The van der Waals surface area contributed by atoms with Crippen LogP contribution in [0, 0.1) is 6.92 Å². The van der Waals surface area contributed by atoms with Crippen LogP contribution >= 0.6 is 0 Å². The maximum atomic E-state index is 12.7. The van der Waals surface area contributed by atoms with Crippen molar-refractivity contribution in [3.63, 3.8) is 0 Å². The van der Waals surface area contributed by atoms with Crippen LogP contribution in [-0.4, -0.2) is 61.9 Å². The lowest BCUT2D eigenvalue weighted by Gasteiger charge is -2.36. The third kappa shape index (κ3) is 4.34. The van der Waals surface area contributed by atoms with Gasteiger partial charge in [0.25, 0.3) is 0 Å². The van der Waals surface area contributed by atoms with Crippen molar-refractivity contribution in [2.24, 2.45) is 0 Å². The number of nitrogens with zero attached hydrogens (tertiary/aromatic N) is 7. The minimum atomic E-state index is -0.295. The van der Waals surface area contributed by atoms with E-state index in [2.05, 4.69) is 30.5 Å². The summed E-state index contributed by atoms with van der Waals surface area (Å²) in [6, 6.07) is 11.1. The summed E-state index contributed by atoms with van der Waals surface area (Å²) >= 11 is 0. The molecule has 0 aliphatic carbocycles. The van der Waals surface area contributed by atoms with Crippen LogP contribution in [0.3, 0.4) is 0 Å². The van der Waals surface area contributed by atoms with E-state index in [0.29, 0.717) is 18.9 Å². The lowest BCUT2D eigenvalue weighted by molar-refractivity contribution is -0.134. The highest BCUT2D eigenvalue weighted by Gasteiger charge is 2.26. The Bertz CT molecular complexity index is 949. The standard InChI is InChI=1S/C20H24N8O/c1-15-5-3-6-17(22-15)23-18-7-8-19(25-24-18)26-11-13-27(14-12-26)20(29)16(2)28-10-4-9-21-28/h3-10,16H,11-14H2,1-2H3,(H,22,23,24). The number of pyridine rings is 1. The molecule has 1 aliphatic heterocycles. The Morgan fingerprint density at radius 1 is 1.03 bits per heavy atom. The van der Waals surface area contributed by atoms with E-state index in [0.717, 1.165) is 30.4 Å². The lowest BCUT2D eigenvalue weighted by Crippen LogP contribution is -2.50. The van der Waals surface area contributed by atoms with E-state index in [1.807, 2.05) is 61.3 Å². The Morgan fingerprint density at radius 3 is 2.52 bits per heavy atom. The van der Waals surface area contributed by atoms with Gasteiger partial charge < -0.3 is 15.1 Å². The summed E-state index contributed by atoms with van der Waals surface area (Å²) in [4.78, 5) is 21.1. The number of anilines is 3. The van der Waals surface area contributed by atoms with E-state index in [1.54, 1.807) is 10.9 Å². The predicted octanol–water partition coefficient (Wildman–Crippen LogP) is 2.03. The topological polar surface area (TPSA) is 92.1 Å². The summed E-state index contributed by atoms with van der Waals surface area (Å²) in [5.74, 6) is 2.28. The zero-order valence-electron chi connectivity index (χ0n) is 16.6. The molecule has 1 N–H and O–H groups in total. The maximum Gasteiger partial charge on any atom is 0.247 e. The van der Waals surface area contributed by atoms with E-state index in [1.165, 1.54) is 0 Å². The van der Waals surface area contributed by atoms with Crippen molar-refractivity contribution >= 4 is 23.4 Å². The van der Waals surface area contributed by atoms with Gasteiger partial charge in [-0.2, -0.15) is 5.10 Å². The van der Waals surface area contributed by atoms with Crippen LogP contribution in [0.5, 0.6) is 0 Å². The molecule has 1 unspecified atom stereocenters. The van der Waals surface area contributed by atoms with E-state index >= 15 is 0 Å². The first kappa shape index (κ1) is 18.9. The van der Waals surface area contributed by atoms with Gasteiger partial charge >= 0.3 is 0 Å². The van der Waals surface area contributed by atoms with Gasteiger partial charge in [0, 0.05) is 44.3 Å². The van der Waals surface area contributed by atoms with Crippen molar-refractivity contribution in [2.45, 2.75) is 19.9 Å². The second-order valence-electron chi connectivity index (χ2n) is 7.04. The van der Waals surface area contributed by atoms with Crippen molar-refractivity contribution in [3.05, 3.63) is 54.5 Å². The fourth-order valence-corrected chi connectivity index (χ4v) is 3.35. The summed E-state index contributed by atoms with van der Waals surface area (Å²) in [6.45, 7) is 6.57. The molecule has 0 radical (unpaired) electrons. The number of amides is 1. The predicted molar refractivity (Wildman–Crippen MR) is 110 cm³/mol. The molecular formula is C20H24N8O. The monoisotopic (exact) mass is 392 g/mol. The van der Waals surface area contributed by atoms with E-state index in [4.69, 9.17) is 0 Å². The molecule has 9 heteroatoms. The maximum absolute atomic E-state index is 12.7. The summed E-state index contributed by atoms with van der Waals surface area (Å²) < 4.78 is 1.69. The second kappa shape index (κ2) is 8.26. The fraction of sp³-hybridized carbons (Fsp3) is 0.350. The van der Waals surface area contributed by atoms with E-state index in [9.17, 15) is 4.79 Å². The van der Waals surface area contributed by atoms with Gasteiger partial charge in [0.15, 0.2) is 11.6 Å².